The van der Waals surface area contributed by atoms with Gasteiger partial charge in [0.1, 0.15) is 6.73 Å². The van der Waals surface area contributed by atoms with Crippen molar-refractivity contribution < 1.29 is 9.53 Å². The average Bonchev–Trinajstić information content (AvgIpc) is 2.84. The molecule has 22 heavy (non-hydrogen) atoms. The number of carbonyl (C=O) groups is 1. The van der Waals surface area contributed by atoms with Crippen molar-refractivity contribution in [1.82, 2.24) is 14.7 Å². The minimum absolute atomic E-state index is 0.0436. The smallest absolute Gasteiger partial charge is 0.250 e. The number of hydrogen-bond donors (Lipinski definition) is 0. The summed E-state index contributed by atoms with van der Waals surface area (Å²) in [4.78, 5) is 19.2. The van der Waals surface area contributed by atoms with E-state index in [2.05, 4.69) is 21.6 Å². The molecule has 3 rings (SSSR count). The minimum Gasteiger partial charge on any atom is -0.361 e. The molecule has 0 aromatic heterocycles. The lowest BCUT2D eigenvalue weighted by Crippen LogP contribution is -2.57. The van der Waals surface area contributed by atoms with Gasteiger partial charge >= 0.3 is 0 Å². The van der Waals surface area contributed by atoms with E-state index in [0.29, 0.717) is 13.3 Å². The Morgan fingerprint density at radius 2 is 2.05 bits per heavy atom. The van der Waals surface area contributed by atoms with E-state index in [1.54, 1.807) is 6.08 Å². The van der Waals surface area contributed by atoms with Crippen LogP contribution in [0.4, 0.5) is 0 Å². The topological polar surface area (TPSA) is 36.0 Å². The monoisotopic (exact) mass is 307 g/mol. The van der Waals surface area contributed by atoms with Crippen molar-refractivity contribution in [3.63, 3.8) is 0 Å². The maximum absolute atomic E-state index is 12.4. The number of hydrogen-bond acceptors (Lipinski definition) is 4. The molecule has 1 aliphatic carbocycles. The second-order valence-corrected chi connectivity index (χ2v) is 6.74. The van der Waals surface area contributed by atoms with Gasteiger partial charge in [-0.05, 0) is 26.2 Å². The molecule has 124 valence electrons. The molecule has 0 aromatic rings. The predicted octanol–water partition coefficient (Wildman–Crippen LogP) is 2.35. The molecule has 0 aromatic carbocycles. The molecule has 2 aliphatic heterocycles. The first-order chi connectivity index (χ1) is 10.7. The predicted molar refractivity (Wildman–Crippen MR) is 85.8 cm³/mol. The van der Waals surface area contributed by atoms with Crippen molar-refractivity contribution in [3.8, 4) is 0 Å². The highest BCUT2D eigenvalue weighted by Gasteiger charge is 2.53. The summed E-state index contributed by atoms with van der Waals surface area (Å²) in [5.74, 6) is 0.154. The van der Waals surface area contributed by atoms with Crippen LogP contribution < -0.4 is 0 Å². The number of ether oxygens (including phenoxy) is 1. The Morgan fingerprint density at radius 1 is 1.27 bits per heavy atom. The van der Waals surface area contributed by atoms with Crippen LogP contribution in [-0.2, 0) is 9.53 Å². The Bertz CT molecular complexity index is 432. The van der Waals surface area contributed by atoms with Crippen molar-refractivity contribution in [2.75, 3.05) is 26.4 Å². The van der Waals surface area contributed by atoms with Gasteiger partial charge in [0.15, 0.2) is 6.29 Å². The SMILES string of the molecule is CCCN1C2N(COCC)C=CC(=O)N2CC12CCCCC2. The minimum atomic E-state index is 0.0436. The fourth-order valence-electron chi connectivity index (χ4n) is 4.34. The first-order valence-electron chi connectivity index (χ1n) is 8.81. The third kappa shape index (κ3) is 2.65. The maximum Gasteiger partial charge on any atom is 0.250 e. The van der Waals surface area contributed by atoms with Gasteiger partial charge in [-0.15, -0.1) is 0 Å². The highest BCUT2D eigenvalue weighted by atomic mass is 16.5. The second-order valence-electron chi connectivity index (χ2n) is 6.74. The fourth-order valence-corrected chi connectivity index (χ4v) is 4.34. The normalized spacial score (nSPS) is 27.7. The lowest BCUT2D eigenvalue weighted by atomic mass is 9.81. The summed E-state index contributed by atoms with van der Waals surface area (Å²) in [6.07, 6.45) is 11.1. The van der Waals surface area contributed by atoms with Gasteiger partial charge in [-0.3, -0.25) is 9.69 Å². The number of carbonyl (C=O) groups excluding carboxylic acids is 1. The average molecular weight is 307 g/mol. The summed E-state index contributed by atoms with van der Waals surface area (Å²) in [5.41, 5.74) is 0.186. The van der Waals surface area contributed by atoms with Gasteiger partial charge in [-0.2, -0.15) is 0 Å². The first kappa shape index (κ1) is 15.8. The molecule has 5 heteroatoms. The zero-order chi connectivity index (χ0) is 15.6. The molecule has 3 aliphatic rings. The lowest BCUT2D eigenvalue weighted by molar-refractivity contribution is -0.139. The van der Waals surface area contributed by atoms with Crippen molar-refractivity contribution in [2.45, 2.75) is 64.2 Å². The van der Waals surface area contributed by atoms with Gasteiger partial charge in [0.2, 0.25) is 0 Å². The molecule has 1 atom stereocenters. The molecule has 0 N–H and O–H groups in total. The zero-order valence-electron chi connectivity index (χ0n) is 14.0. The van der Waals surface area contributed by atoms with Crippen molar-refractivity contribution >= 4 is 5.91 Å². The molecule has 5 nitrogen and oxygen atoms in total. The van der Waals surface area contributed by atoms with Crippen LogP contribution in [0, 0.1) is 0 Å². The number of fused-ring (bicyclic) bond motifs is 1. The van der Waals surface area contributed by atoms with Gasteiger partial charge in [0.05, 0.1) is 0 Å². The third-order valence-corrected chi connectivity index (χ3v) is 5.31. The Kier molecular flexibility index (Phi) is 4.73. The van der Waals surface area contributed by atoms with Gasteiger partial charge in [0, 0.05) is 37.5 Å². The zero-order valence-corrected chi connectivity index (χ0v) is 14.0. The fraction of sp³-hybridized carbons (Fsp3) is 0.824. The van der Waals surface area contributed by atoms with Crippen LogP contribution in [0.15, 0.2) is 12.3 Å². The van der Waals surface area contributed by atoms with Crippen molar-refractivity contribution in [3.05, 3.63) is 12.3 Å². The molecule has 2 fully saturated rings. The molecule has 1 saturated heterocycles. The first-order valence-corrected chi connectivity index (χ1v) is 8.81. The van der Waals surface area contributed by atoms with Gasteiger partial charge < -0.3 is 14.5 Å². The summed E-state index contributed by atoms with van der Waals surface area (Å²) < 4.78 is 5.63. The molecule has 2 heterocycles. The van der Waals surface area contributed by atoms with Crippen molar-refractivity contribution in [2.24, 2.45) is 0 Å². The molecule has 1 spiro atoms. The third-order valence-electron chi connectivity index (χ3n) is 5.31. The number of amides is 1. The summed E-state index contributed by atoms with van der Waals surface area (Å²) in [6, 6.07) is 0. The standard InChI is InChI=1S/C17H29N3O2/c1-3-11-20-16-18(14-22-4-2)12-8-15(21)19(16)13-17(20)9-6-5-7-10-17/h8,12,16H,3-7,9-11,13-14H2,1-2H3. The van der Waals surface area contributed by atoms with Crippen LogP contribution in [0.1, 0.15) is 52.4 Å². The van der Waals surface area contributed by atoms with E-state index in [4.69, 9.17) is 4.74 Å². The van der Waals surface area contributed by atoms with Crippen LogP contribution in [0.2, 0.25) is 0 Å². The Hall–Kier alpha value is -1.07. The van der Waals surface area contributed by atoms with Gasteiger partial charge in [-0.25, -0.2) is 0 Å². The molecule has 1 amide bonds. The van der Waals surface area contributed by atoms with Gasteiger partial charge in [0.25, 0.3) is 5.91 Å². The van der Waals surface area contributed by atoms with E-state index < -0.39 is 0 Å². The Labute approximate surface area is 133 Å². The lowest BCUT2D eigenvalue weighted by Gasteiger charge is -2.45. The van der Waals surface area contributed by atoms with Crippen molar-refractivity contribution in [1.29, 1.82) is 0 Å². The van der Waals surface area contributed by atoms with Crippen LogP contribution in [0.25, 0.3) is 0 Å². The van der Waals surface area contributed by atoms with Crippen LogP contribution in [0.3, 0.4) is 0 Å². The largest absolute Gasteiger partial charge is 0.361 e. The van der Waals surface area contributed by atoms with E-state index in [1.165, 1.54) is 32.1 Å². The highest BCUT2D eigenvalue weighted by molar-refractivity contribution is 5.88. The van der Waals surface area contributed by atoms with Crippen LogP contribution in [-0.4, -0.2) is 58.9 Å². The molecule has 1 saturated carbocycles. The molecular formula is C17H29N3O2. The van der Waals surface area contributed by atoms with E-state index in [1.807, 2.05) is 13.1 Å². The van der Waals surface area contributed by atoms with E-state index in [-0.39, 0.29) is 17.7 Å². The summed E-state index contributed by atoms with van der Waals surface area (Å²) >= 11 is 0. The van der Waals surface area contributed by atoms with E-state index in [9.17, 15) is 4.79 Å². The number of nitrogens with zero attached hydrogens (tertiary/aromatic N) is 3. The van der Waals surface area contributed by atoms with Gasteiger partial charge in [-0.1, -0.05) is 26.2 Å². The quantitative estimate of drug-likeness (QED) is 0.781. The Balaban J connectivity index is 1.88. The Morgan fingerprint density at radius 3 is 2.73 bits per heavy atom. The molecule has 0 bridgehead atoms. The molecule has 1 unspecified atom stereocenters. The van der Waals surface area contributed by atoms with Crippen LogP contribution >= 0.6 is 0 Å². The van der Waals surface area contributed by atoms with E-state index >= 15 is 0 Å². The molecule has 0 radical (unpaired) electrons. The molecular weight excluding hydrogens is 278 g/mol. The summed E-state index contributed by atoms with van der Waals surface area (Å²) in [7, 11) is 0. The maximum atomic E-state index is 12.4. The van der Waals surface area contributed by atoms with Crippen LogP contribution in [0.5, 0.6) is 0 Å². The summed E-state index contributed by atoms with van der Waals surface area (Å²) in [5, 5.41) is 0. The van der Waals surface area contributed by atoms with E-state index in [0.717, 1.165) is 19.5 Å². The highest BCUT2D eigenvalue weighted by Crippen LogP contribution is 2.43. The number of rotatable bonds is 5. The second kappa shape index (κ2) is 6.59. The summed E-state index contributed by atoms with van der Waals surface area (Å²) in [6.45, 7) is 7.42.